The van der Waals surface area contributed by atoms with E-state index in [-0.39, 0.29) is 16.2 Å². The molecular formula is C40H48. The summed E-state index contributed by atoms with van der Waals surface area (Å²) in [4.78, 5) is 0. The van der Waals surface area contributed by atoms with E-state index in [0.717, 1.165) is 17.6 Å². The summed E-state index contributed by atoms with van der Waals surface area (Å²) in [5, 5.41) is 0. The fourth-order valence-electron chi connectivity index (χ4n) is 9.40. The van der Waals surface area contributed by atoms with Gasteiger partial charge in [0.25, 0.3) is 0 Å². The summed E-state index contributed by atoms with van der Waals surface area (Å²) in [6.45, 7) is 41.9. The van der Waals surface area contributed by atoms with E-state index in [2.05, 4.69) is 119 Å². The van der Waals surface area contributed by atoms with Crippen LogP contribution in [0.2, 0.25) is 0 Å². The molecule has 0 nitrogen and oxygen atoms in total. The van der Waals surface area contributed by atoms with E-state index in [4.69, 9.17) is 13.2 Å². The molecule has 0 aromatic heterocycles. The molecule has 0 unspecified atom stereocenters. The lowest BCUT2D eigenvalue weighted by atomic mass is 9.36. The third-order valence-electron chi connectivity index (χ3n) is 12.1. The minimum atomic E-state index is -0.168. The van der Waals surface area contributed by atoms with Crippen molar-refractivity contribution in [3.63, 3.8) is 0 Å². The third kappa shape index (κ3) is 3.32. The summed E-state index contributed by atoms with van der Waals surface area (Å²) in [6, 6.07) is 13.6. The molecule has 5 rings (SSSR count). The van der Waals surface area contributed by atoms with Gasteiger partial charge in [-0.15, -0.1) is 0 Å². The van der Waals surface area contributed by atoms with Crippen molar-refractivity contribution in [2.45, 2.75) is 81.6 Å². The van der Waals surface area contributed by atoms with E-state index in [9.17, 15) is 0 Å². The minimum absolute atomic E-state index is 0.0224. The van der Waals surface area contributed by atoms with Crippen LogP contribution in [0.15, 0.2) is 96.2 Å². The Balaban J connectivity index is 1.82. The molecule has 0 heterocycles. The average Bonchev–Trinajstić information content (AvgIpc) is 2.89. The van der Waals surface area contributed by atoms with Gasteiger partial charge in [0.2, 0.25) is 0 Å². The van der Waals surface area contributed by atoms with Crippen molar-refractivity contribution < 1.29 is 0 Å². The van der Waals surface area contributed by atoms with Crippen molar-refractivity contribution >= 4 is 11.1 Å². The van der Waals surface area contributed by atoms with E-state index in [1.807, 2.05) is 0 Å². The molecule has 40 heavy (non-hydrogen) atoms. The molecule has 0 bridgehead atoms. The molecule has 0 aliphatic heterocycles. The first-order valence-corrected chi connectivity index (χ1v) is 14.9. The molecule has 0 saturated heterocycles. The van der Waals surface area contributed by atoms with Crippen LogP contribution in [0.1, 0.15) is 96.9 Å². The summed E-state index contributed by atoms with van der Waals surface area (Å²) in [6.07, 6.45) is 1.06. The van der Waals surface area contributed by atoms with Crippen molar-refractivity contribution in [2.24, 2.45) is 22.2 Å². The molecule has 0 radical (unpaired) electrons. The lowest BCUT2D eigenvalue weighted by Gasteiger charge is -2.67. The van der Waals surface area contributed by atoms with Crippen molar-refractivity contribution in [1.29, 1.82) is 0 Å². The third-order valence-corrected chi connectivity index (χ3v) is 12.1. The summed E-state index contributed by atoms with van der Waals surface area (Å²) >= 11 is 0. The first-order chi connectivity index (χ1) is 18.5. The summed E-state index contributed by atoms with van der Waals surface area (Å²) < 4.78 is 0. The second kappa shape index (κ2) is 8.94. The van der Waals surface area contributed by atoms with E-state index in [1.165, 1.54) is 66.8 Å². The van der Waals surface area contributed by atoms with Gasteiger partial charge in [0.15, 0.2) is 0 Å². The quantitative estimate of drug-likeness (QED) is 0.371. The van der Waals surface area contributed by atoms with Crippen LogP contribution in [0.4, 0.5) is 0 Å². The highest BCUT2D eigenvalue weighted by molar-refractivity contribution is 5.91. The number of aryl methyl sites for hydroxylation is 1. The topological polar surface area (TPSA) is 0 Å². The standard InChI is InChI=1S/C40H48/c1-22(2)31-16-18-32(19-17-31)33-20-15-24(5)35-26(7)37-29(10)40(14)28(9)34(23(3)4)25(6)21-38(40,12)30(11)39(37,13)27(8)36(33)35/h15-20,27,30H,1,3,7,9,21H2,2,4-6,8,10-14H3/t27-,30+,38+,39-,40-/m1/s1. The predicted octanol–water partition coefficient (Wildman–Crippen LogP) is 11.7. The van der Waals surface area contributed by atoms with Gasteiger partial charge in [0.1, 0.15) is 0 Å². The molecule has 208 valence electrons. The van der Waals surface area contributed by atoms with Gasteiger partial charge in [-0.1, -0.05) is 120 Å². The zero-order chi connectivity index (χ0) is 29.7. The Kier molecular flexibility index (Phi) is 6.35. The zero-order valence-electron chi connectivity index (χ0n) is 26.7. The average molecular weight is 529 g/mol. The van der Waals surface area contributed by atoms with Crippen LogP contribution in [0.25, 0.3) is 22.3 Å². The number of allylic oxidation sites excluding steroid dienone is 8. The van der Waals surface area contributed by atoms with Gasteiger partial charge in [0.05, 0.1) is 0 Å². The number of rotatable bonds is 3. The maximum absolute atomic E-state index is 4.89. The first kappa shape index (κ1) is 28.4. The SMILES string of the molecule is C=C(C)C1=C(C)C[C@@]2(C)[C@H](C)[C@]3(C)C(=C(C)[C@@]2(C)C1=C)C(=C)c1c(C)ccc(-c2ccc(C(=C)C)cc2)c1[C@H]3C. The second-order valence-electron chi connectivity index (χ2n) is 13.9. The van der Waals surface area contributed by atoms with Crippen LogP contribution >= 0.6 is 0 Å². The van der Waals surface area contributed by atoms with Crippen LogP contribution in [0, 0.1) is 29.1 Å². The van der Waals surface area contributed by atoms with Crippen molar-refractivity contribution in [1.82, 2.24) is 0 Å². The summed E-state index contributed by atoms with van der Waals surface area (Å²) in [5.41, 5.74) is 18.0. The molecule has 0 spiro atoms. The fraction of sp³-hybridized carbons (Fsp3) is 0.400. The molecule has 3 aliphatic rings. The van der Waals surface area contributed by atoms with Gasteiger partial charge in [-0.25, -0.2) is 0 Å². The Morgan fingerprint density at radius 2 is 1.45 bits per heavy atom. The van der Waals surface area contributed by atoms with E-state index < -0.39 is 0 Å². The highest BCUT2D eigenvalue weighted by Crippen LogP contribution is 2.74. The molecule has 5 atom stereocenters. The Hall–Kier alpha value is -3.12. The van der Waals surface area contributed by atoms with Gasteiger partial charge >= 0.3 is 0 Å². The zero-order valence-corrected chi connectivity index (χ0v) is 26.7. The normalized spacial score (nSPS) is 31.6. The largest absolute Gasteiger partial charge is 0.0955 e. The van der Waals surface area contributed by atoms with E-state index >= 15 is 0 Å². The molecule has 0 N–H and O–H groups in total. The Labute approximate surface area is 244 Å². The lowest BCUT2D eigenvalue weighted by molar-refractivity contribution is -0.0260. The Bertz CT molecular complexity index is 1580. The summed E-state index contributed by atoms with van der Waals surface area (Å²) in [7, 11) is 0. The molecule has 0 saturated carbocycles. The Morgan fingerprint density at radius 3 is 2.00 bits per heavy atom. The number of hydrogen-bond acceptors (Lipinski definition) is 0. The monoisotopic (exact) mass is 528 g/mol. The van der Waals surface area contributed by atoms with Gasteiger partial charge in [-0.3, -0.25) is 0 Å². The molecule has 0 fully saturated rings. The van der Waals surface area contributed by atoms with Gasteiger partial charge < -0.3 is 0 Å². The van der Waals surface area contributed by atoms with Gasteiger partial charge in [-0.2, -0.15) is 0 Å². The highest BCUT2D eigenvalue weighted by atomic mass is 14.7. The molecular weight excluding hydrogens is 480 g/mol. The van der Waals surface area contributed by atoms with Crippen LogP contribution in [-0.2, 0) is 0 Å². The minimum Gasteiger partial charge on any atom is -0.0955 e. The fourth-order valence-corrected chi connectivity index (χ4v) is 9.40. The van der Waals surface area contributed by atoms with Crippen molar-refractivity contribution in [2.75, 3.05) is 0 Å². The number of hydrogen-bond donors (Lipinski definition) is 0. The summed E-state index contributed by atoms with van der Waals surface area (Å²) in [5.74, 6) is 0.728. The van der Waals surface area contributed by atoms with E-state index in [1.54, 1.807) is 0 Å². The molecule has 0 heteroatoms. The van der Waals surface area contributed by atoms with Crippen LogP contribution in [-0.4, -0.2) is 0 Å². The van der Waals surface area contributed by atoms with Gasteiger partial charge in [0, 0.05) is 10.8 Å². The molecule has 0 amide bonds. The van der Waals surface area contributed by atoms with E-state index in [0.29, 0.717) is 11.8 Å². The molecule has 2 aromatic carbocycles. The van der Waals surface area contributed by atoms with Gasteiger partial charge in [-0.05, 0) is 114 Å². The van der Waals surface area contributed by atoms with Crippen LogP contribution in [0.3, 0.4) is 0 Å². The predicted molar refractivity (Wildman–Crippen MR) is 176 cm³/mol. The maximum Gasteiger partial charge on any atom is 0.0196 e. The smallest absolute Gasteiger partial charge is 0.0196 e. The van der Waals surface area contributed by atoms with Crippen molar-refractivity contribution in [3.05, 3.63) is 118 Å². The highest BCUT2D eigenvalue weighted by Gasteiger charge is 2.65. The maximum atomic E-state index is 4.89. The first-order valence-electron chi connectivity index (χ1n) is 14.9. The molecule has 2 aromatic rings. The molecule has 3 aliphatic carbocycles. The Morgan fingerprint density at radius 1 is 0.850 bits per heavy atom. The van der Waals surface area contributed by atoms with Crippen LogP contribution in [0.5, 0.6) is 0 Å². The number of fused-ring (bicyclic) bond motifs is 3. The number of benzene rings is 2. The lowest BCUT2D eigenvalue weighted by Crippen LogP contribution is -2.58. The second-order valence-corrected chi connectivity index (χ2v) is 13.9. The van der Waals surface area contributed by atoms with Crippen LogP contribution < -0.4 is 0 Å². The van der Waals surface area contributed by atoms with Crippen molar-refractivity contribution in [3.8, 4) is 11.1 Å².